The summed E-state index contributed by atoms with van der Waals surface area (Å²) >= 11 is 0. The Hall–Kier alpha value is -2.20. The van der Waals surface area contributed by atoms with Crippen LogP contribution in [0.1, 0.15) is 57.1 Å². The van der Waals surface area contributed by atoms with Gasteiger partial charge >= 0.3 is 6.18 Å². The summed E-state index contributed by atoms with van der Waals surface area (Å²) in [5.41, 5.74) is 1.76. The number of carbonyl (C=O) groups is 1. The molecule has 10 heteroatoms. The van der Waals surface area contributed by atoms with E-state index in [1.807, 2.05) is 0 Å². The van der Waals surface area contributed by atoms with Crippen molar-refractivity contribution >= 4 is 21.6 Å². The zero-order valence-corrected chi connectivity index (χ0v) is 20.5. The van der Waals surface area contributed by atoms with Crippen LogP contribution in [0, 0.1) is 0 Å². The van der Waals surface area contributed by atoms with Gasteiger partial charge < -0.3 is 4.90 Å². The lowest BCUT2D eigenvalue weighted by atomic mass is 9.86. The summed E-state index contributed by atoms with van der Waals surface area (Å²) in [6.45, 7) is 6.59. The van der Waals surface area contributed by atoms with E-state index < -0.39 is 26.5 Å². The van der Waals surface area contributed by atoms with E-state index >= 15 is 0 Å². The van der Waals surface area contributed by atoms with Gasteiger partial charge in [0.25, 0.3) is 5.91 Å². The number of rotatable bonds is 3. The maximum Gasteiger partial charge on any atom is 0.416 e. The Balaban J connectivity index is 1.43. The lowest BCUT2D eigenvalue weighted by Crippen LogP contribution is -2.47. The van der Waals surface area contributed by atoms with Crippen molar-refractivity contribution < 1.29 is 26.4 Å². The number of sulfonamides is 1. The van der Waals surface area contributed by atoms with E-state index in [2.05, 4.69) is 4.99 Å². The second-order valence-electron chi connectivity index (χ2n) is 10.1. The van der Waals surface area contributed by atoms with Crippen LogP contribution in [0.15, 0.2) is 40.4 Å². The van der Waals surface area contributed by atoms with E-state index in [1.54, 1.807) is 31.7 Å². The highest BCUT2D eigenvalue weighted by molar-refractivity contribution is 7.90. The number of benzene rings is 1. The van der Waals surface area contributed by atoms with Gasteiger partial charge in [0, 0.05) is 26.2 Å². The highest BCUT2D eigenvalue weighted by atomic mass is 32.2. The molecule has 1 amide bonds. The fraction of sp³-hybridized carbons (Fsp3) is 0.583. The first-order chi connectivity index (χ1) is 15.8. The molecule has 0 unspecified atom stereocenters. The van der Waals surface area contributed by atoms with E-state index in [9.17, 15) is 26.4 Å². The summed E-state index contributed by atoms with van der Waals surface area (Å²) in [6.07, 6.45) is -3.06. The fourth-order valence-corrected chi connectivity index (χ4v) is 6.38. The van der Waals surface area contributed by atoms with Gasteiger partial charge in [-0.1, -0.05) is 18.2 Å². The van der Waals surface area contributed by atoms with Gasteiger partial charge in [0.1, 0.15) is 5.71 Å². The third kappa shape index (κ3) is 4.54. The van der Waals surface area contributed by atoms with Crippen molar-refractivity contribution in [3.63, 3.8) is 0 Å². The molecule has 3 aliphatic heterocycles. The first-order valence-corrected chi connectivity index (χ1v) is 13.0. The molecule has 3 heterocycles. The average Bonchev–Trinajstić information content (AvgIpc) is 3.21. The third-order valence-electron chi connectivity index (χ3n) is 6.92. The molecule has 3 aliphatic rings. The van der Waals surface area contributed by atoms with Gasteiger partial charge in [-0.05, 0) is 68.7 Å². The predicted molar refractivity (Wildman–Crippen MR) is 124 cm³/mol. The molecular weight excluding hydrogens is 467 g/mol. The van der Waals surface area contributed by atoms with Crippen molar-refractivity contribution in [1.82, 2.24) is 9.21 Å². The van der Waals surface area contributed by atoms with Gasteiger partial charge in [0.2, 0.25) is 10.0 Å². The number of piperidine rings is 1. The minimum Gasteiger partial charge on any atom is -0.337 e. The molecule has 6 nitrogen and oxygen atoms in total. The molecule has 186 valence electrons. The first-order valence-electron chi connectivity index (χ1n) is 11.5. The Bertz CT molecular complexity index is 1140. The molecule has 4 rings (SSSR count). The third-order valence-corrected chi connectivity index (χ3v) is 9.46. The smallest absolute Gasteiger partial charge is 0.337 e. The van der Waals surface area contributed by atoms with E-state index in [0.717, 1.165) is 17.2 Å². The first kappa shape index (κ1) is 24.9. The molecular formula is C24H30F3N3O3S. The molecule has 0 N–H and O–H groups in total. The minimum absolute atomic E-state index is 0.209. The zero-order chi connectivity index (χ0) is 24.9. The Morgan fingerprint density at radius 2 is 1.71 bits per heavy atom. The van der Waals surface area contributed by atoms with Crippen LogP contribution in [0.4, 0.5) is 13.2 Å². The number of aliphatic imine (C=N–C) groups is 1. The van der Waals surface area contributed by atoms with Gasteiger partial charge in [-0.3, -0.25) is 9.79 Å². The standard InChI is InChI=1S/C24H30F3N3O3S/c1-23(2,3)34(32,33)30-13-10-19-17(15-30)14-28-21(19)22(31)29-11-8-16(9-12-29)18-6-4-5-7-20(18)24(25,26)27/h4-7,16H,8-15H2,1-3H3. The van der Waals surface area contributed by atoms with Gasteiger partial charge in [0.05, 0.1) is 16.9 Å². The number of carbonyl (C=O) groups excluding carboxylic acids is 1. The molecule has 0 saturated carbocycles. The Labute approximate surface area is 198 Å². The molecule has 0 aliphatic carbocycles. The number of alkyl halides is 3. The maximum absolute atomic E-state index is 13.4. The van der Waals surface area contributed by atoms with Crippen molar-refractivity contribution in [1.29, 1.82) is 0 Å². The van der Waals surface area contributed by atoms with Crippen LogP contribution in [0.3, 0.4) is 0 Å². The fourth-order valence-electron chi connectivity index (χ4n) is 4.95. The number of hydrogen-bond donors (Lipinski definition) is 0. The summed E-state index contributed by atoms with van der Waals surface area (Å²) in [5.74, 6) is -0.465. The predicted octanol–water partition coefficient (Wildman–Crippen LogP) is 4.00. The van der Waals surface area contributed by atoms with Crippen LogP contribution in [-0.2, 0) is 21.0 Å². The van der Waals surface area contributed by atoms with Crippen LogP contribution in [0.5, 0.6) is 0 Å². The molecule has 0 aromatic heterocycles. The number of likely N-dealkylation sites (tertiary alicyclic amines) is 1. The van der Waals surface area contributed by atoms with Crippen molar-refractivity contribution in [3.05, 3.63) is 46.5 Å². The van der Waals surface area contributed by atoms with Crippen LogP contribution >= 0.6 is 0 Å². The van der Waals surface area contributed by atoms with Crippen LogP contribution in [0.25, 0.3) is 0 Å². The number of hydrogen-bond acceptors (Lipinski definition) is 4. The number of halogens is 3. The monoisotopic (exact) mass is 497 g/mol. The summed E-state index contributed by atoms with van der Waals surface area (Å²) in [7, 11) is -3.47. The zero-order valence-electron chi connectivity index (χ0n) is 19.7. The molecule has 1 aromatic rings. The molecule has 1 fully saturated rings. The molecule has 1 aromatic carbocycles. The Morgan fingerprint density at radius 1 is 1.06 bits per heavy atom. The summed E-state index contributed by atoms with van der Waals surface area (Å²) in [4.78, 5) is 19.3. The lowest BCUT2D eigenvalue weighted by molar-refractivity contribution is -0.138. The van der Waals surface area contributed by atoms with Gasteiger partial charge in [0.15, 0.2) is 0 Å². The van der Waals surface area contributed by atoms with Crippen LogP contribution in [0.2, 0.25) is 0 Å². The molecule has 0 bridgehead atoms. The second kappa shape index (κ2) is 8.78. The number of nitrogens with zero attached hydrogens (tertiary/aromatic N) is 3. The summed E-state index contributed by atoms with van der Waals surface area (Å²) in [6, 6.07) is 5.66. The van der Waals surface area contributed by atoms with Crippen LogP contribution in [-0.4, -0.2) is 66.7 Å². The van der Waals surface area contributed by atoms with Crippen molar-refractivity contribution in [3.8, 4) is 0 Å². The van der Waals surface area contributed by atoms with Crippen molar-refractivity contribution in [2.45, 2.75) is 56.9 Å². The molecule has 34 heavy (non-hydrogen) atoms. The molecule has 1 saturated heterocycles. The van der Waals surface area contributed by atoms with Gasteiger partial charge in [-0.25, -0.2) is 8.42 Å². The maximum atomic E-state index is 13.4. The SMILES string of the molecule is CC(C)(C)S(=O)(=O)N1CCC2=C(CN=C2C(=O)N2CCC(c3ccccc3C(F)(F)F)CC2)C1. The highest BCUT2D eigenvalue weighted by Gasteiger charge is 2.41. The molecule has 0 radical (unpaired) electrons. The quantitative estimate of drug-likeness (QED) is 0.634. The Morgan fingerprint density at radius 3 is 2.32 bits per heavy atom. The van der Waals surface area contributed by atoms with Crippen molar-refractivity contribution in [2.24, 2.45) is 4.99 Å². The van der Waals surface area contributed by atoms with E-state index in [4.69, 9.17) is 0 Å². The van der Waals surface area contributed by atoms with Crippen molar-refractivity contribution in [2.75, 3.05) is 32.7 Å². The van der Waals surface area contributed by atoms with E-state index in [-0.39, 0.29) is 23.9 Å². The van der Waals surface area contributed by atoms with E-state index in [1.165, 1.54) is 16.4 Å². The summed E-state index contributed by atoms with van der Waals surface area (Å²) < 4.78 is 66.4. The minimum atomic E-state index is -4.40. The topological polar surface area (TPSA) is 70.0 Å². The lowest BCUT2D eigenvalue weighted by Gasteiger charge is -2.35. The second-order valence-corrected chi connectivity index (χ2v) is 12.8. The largest absolute Gasteiger partial charge is 0.416 e. The molecule has 0 atom stereocenters. The van der Waals surface area contributed by atoms with E-state index in [0.29, 0.717) is 51.2 Å². The average molecular weight is 498 g/mol. The highest BCUT2D eigenvalue weighted by Crippen LogP contribution is 2.39. The van der Waals surface area contributed by atoms with Gasteiger partial charge in [-0.15, -0.1) is 0 Å². The van der Waals surface area contributed by atoms with Gasteiger partial charge in [-0.2, -0.15) is 17.5 Å². The Kier molecular flexibility index (Phi) is 6.44. The normalized spacial score (nSPS) is 21.0. The molecule has 0 spiro atoms. The number of amides is 1. The van der Waals surface area contributed by atoms with Crippen LogP contribution < -0.4 is 0 Å². The summed E-state index contributed by atoms with van der Waals surface area (Å²) in [5, 5.41) is 0.